The van der Waals surface area contributed by atoms with E-state index in [4.69, 9.17) is 10.7 Å². The Balaban J connectivity index is 2.07. The third-order valence-electron chi connectivity index (χ3n) is 4.88. The van der Waals surface area contributed by atoms with Gasteiger partial charge in [0.2, 0.25) is 5.91 Å². The molecule has 1 atom stereocenters. The number of benzene rings is 1. The fourth-order valence-electron chi connectivity index (χ4n) is 3.45. The van der Waals surface area contributed by atoms with Crippen LogP contribution in [-0.4, -0.2) is 15.5 Å². The molecule has 4 rings (SSSR count). The lowest BCUT2D eigenvalue weighted by Gasteiger charge is -2.17. The molecule has 2 aromatic heterocycles. The molecule has 5 nitrogen and oxygen atoms in total. The number of hydrogen-bond donors (Lipinski definition) is 1. The molecule has 0 aliphatic heterocycles. The highest BCUT2D eigenvalue weighted by Gasteiger charge is 2.26. The second-order valence-electron chi connectivity index (χ2n) is 6.59. The highest BCUT2D eigenvalue weighted by molar-refractivity contribution is 7.18. The van der Waals surface area contributed by atoms with Gasteiger partial charge >= 0.3 is 0 Å². The quantitative estimate of drug-likeness (QED) is 0.786. The third-order valence-corrected chi connectivity index (χ3v) is 6.07. The zero-order valence-corrected chi connectivity index (χ0v) is 15.0. The van der Waals surface area contributed by atoms with Crippen LogP contribution in [0, 0.1) is 6.92 Å². The zero-order valence-electron chi connectivity index (χ0n) is 14.2. The summed E-state index contributed by atoms with van der Waals surface area (Å²) < 4.78 is 1.46. The van der Waals surface area contributed by atoms with E-state index in [0.717, 1.165) is 40.8 Å². The number of hydrogen-bond acceptors (Lipinski definition) is 4. The SMILES string of the molecule is Cc1ccc(-c2nc3sc4c(c3c(=O)n2C(C)C(N)=O)CCC4)cc1. The summed E-state index contributed by atoms with van der Waals surface area (Å²) in [5, 5.41) is 0.668. The van der Waals surface area contributed by atoms with Gasteiger partial charge in [0.1, 0.15) is 16.7 Å². The van der Waals surface area contributed by atoms with E-state index < -0.39 is 11.9 Å². The minimum Gasteiger partial charge on any atom is -0.368 e. The topological polar surface area (TPSA) is 78.0 Å². The van der Waals surface area contributed by atoms with Crippen molar-refractivity contribution in [1.29, 1.82) is 0 Å². The molecule has 128 valence electrons. The van der Waals surface area contributed by atoms with Crippen LogP contribution in [0.2, 0.25) is 0 Å². The lowest BCUT2D eigenvalue weighted by atomic mass is 10.1. The van der Waals surface area contributed by atoms with Gasteiger partial charge in [-0.25, -0.2) is 4.98 Å². The van der Waals surface area contributed by atoms with E-state index in [0.29, 0.717) is 11.2 Å². The van der Waals surface area contributed by atoms with Crippen LogP contribution < -0.4 is 11.3 Å². The van der Waals surface area contributed by atoms with Crippen molar-refractivity contribution in [3.8, 4) is 11.4 Å². The van der Waals surface area contributed by atoms with Gasteiger partial charge in [-0.2, -0.15) is 0 Å². The van der Waals surface area contributed by atoms with Crippen LogP contribution in [0.15, 0.2) is 29.1 Å². The number of primary amides is 1. The van der Waals surface area contributed by atoms with Gasteiger partial charge in [0.05, 0.1) is 5.39 Å². The molecule has 3 aromatic rings. The molecular weight excluding hydrogens is 334 g/mol. The Labute approximate surface area is 149 Å². The van der Waals surface area contributed by atoms with Gasteiger partial charge in [-0.05, 0) is 38.7 Å². The number of aryl methyl sites for hydroxylation is 3. The standard InChI is InChI=1S/C19H19N3O2S/c1-10-6-8-12(9-7-10)17-21-18-15(13-4-3-5-14(13)25-18)19(24)22(17)11(2)16(20)23/h6-9,11H,3-5H2,1-2H3,(H2,20,23). The summed E-state index contributed by atoms with van der Waals surface area (Å²) in [7, 11) is 0. The fraction of sp³-hybridized carbons (Fsp3) is 0.316. The number of carbonyl (C=O) groups excluding carboxylic acids is 1. The number of nitrogens with zero attached hydrogens (tertiary/aromatic N) is 2. The summed E-state index contributed by atoms with van der Waals surface area (Å²) in [6, 6.07) is 7.04. The van der Waals surface area contributed by atoms with Crippen molar-refractivity contribution in [3.63, 3.8) is 0 Å². The molecule has 1 aliphatic carbocycles. The molecule has 1 unspecified atom stereocenters. The molecule has 0 saturated carbocycles. The van der Waals surface area contributed by atoms with Crippen LogP contribution in [0.3, 0.4) is 0 Å². The first-order chi connectivity index (χ1) is 12.0. The predicted molar refractivity (Wildman–Crippen MR) is 100.0 cm³/mol. The summed E-state index contributed by atoms with van der Waals surface area (Å²) >= 11 is 1.60. The van der Waals surface area contributed by atoms with E-state index in [1.165, 1.54) is 9.44 Å². The lowest BCUT2D eigenvalue weighted by Crippen LogP contribution is -2.34. The highest BCUT2D eigenvalue weighted by atomic mass is 32.1. The van der Waals surface area contributed by atoms with E-state index in [-0.39, 0.29) is 5.56 Å². The Morgan fingerprint density at radius 3 is 2.68 bits per heavy atom. The zero-order chi connectivity index (χ0) is 17.7. The van der Waals surface area contributed by atoms with E-state index in [1.54, 1.807) is 18.3 Å². The number of rotatable bonds is 3. The molecule has 25 heavy (non-hydrogen) atoms. The van der Waals surface area contributed by atoms with Gasteiger partial charge in [0, 0.05) is 10.4 Å². The summed E-state index contributed by atoms with van der Waals surface area (Å²) in [5.74, 6) is -0.0350. The predicted octanol–water partition coefficient (Wildman–Crippen LogP) is 2.97. The molecule has 0 bridgehead atoms. The van der Waals surface area contributed by atoms with Gasteiger partial charge < -0.3 is 5.73 Å². The van der Waals surface area contributed by atoms with Crippen molar-refractivity contribution in [2.75, 3.05) is 0 Å². The van der Waals surface area contributed by atoms with Crippen LogP contribution in [0.25, 0.3) is 21.6 Å². The average Bonchev–Trinajstić information content (AvgIpc) is 3.15. The van der Waals surface area contributed by atoms with Crippen molar-refractivity contribution < 1.29 is 4.79 Å². The minimum atomic E-state index is -0.752. The van der Waals surface area contributed by atoms with E-state index in [1.807, 2.05) is 31.2 Å². The van der Waals surface area contributed by atoms with Crippen molar-refractivity contribution >= 4 is 27.5 Å². The Bertz CT molecular complexity index is 1050. The van der Waals surface area contributed by atoms with Crippen molar-refractivity contribution in [2.24, 2.45) is 5.73 Å². The van der Waals surface area contributed by atoms with Crippen LogP contribution in [0.5, 0.6) is 0 Å². The minimum absolute atomic E-state index is 0.161. The maximum atomic E-state index is 13.3. The fourth-order valence-corrected chi connectivity index (χ4v) is 4.70. The third kappa shape index (κ3) is 2.48. The van der Waals surface area contributed by atoms with E-state index in [2.05, 4.69) is 0 Å². The largest absolute Gasteiger partial charge is 0.368 e. The monoisotopic (exact) mass is 353 g/mol. The number of thiophene rings is 1. The molecule has 1 aromatic carbocycles. The average molecular weight is 353 g/mol. The Morgan fingerprint density at radius 2 is 2.00 bits per heavy atom. The first-order valence-electron chi connectivity index (χ1n) is 8.40. The molecule has 0 fully saturated rings. The van der Waals surface area contributed by atoms with Crippen molar-refractivity contribution in [3.05, 3.63) is 50.6 Å². The second-order valence-corrected chi connectivity index (χ2v) is 7.68. The first kappa shape index (κ1) is 16.0. The van der Waals surface area contributed by atoms with Crippen molar-refractivity contribution in [1.82, 2.24) is 9.55 Å². The van der Waals surface area contributed by atoms with Crippen LogP contribution >= 0.6 is 11.3 Å². The van der Waals surface area contributed by atoms with Crippen LogP contribution in [-0.2, 0) is 17.6 Å². The van der Waals surface area contributed by atoms with Gasteiger partial charge in [-0.15, -0.1) is 11.3 Å². The summed E-state index contributed by atoms with van der Waals surface area (Å²) in [4.78, 5) is 31.9. The van der Waals surface area contributed by atoms with E-state index >= 15 is 0 Å². The molecule has 1 aliphatic rings. The molecular formula is C19H19N3O2S. The summed E-state index contributed by atoms with van der Waals surface area (Å²) in [6.07, 6.45) is 2.98. The Kier molecular flexibility index (Phi) is 3.72. The normalized spacial score (nSPS) is 14.6. The van der Waals surface area contributed by atoms with Gasteiger partial charge in [-0.1, -0.05) is 29.8 Å². The van der Waals surface area contributed by atoms with Gasteiger partial charge in [0.25, 0.3) is 5.56 Å². The summed E-state index contributed by atoms with van der Waals surface area (Å²) in [5.41, 5.74) is 8.40. The van der Waals surface area contributed by atoms with Gasteiger partial charge in [-0.3, -0.25) is 14.2 Å². The highest BCUT2D eigenvalue weighted by Crippen LogP contribution is 2.36. The lowest BCUT2D eigenvalue weighted by molar-refractivity contribution is -0.120. The Hall–Kier alpha value is -2.47. The molecule has 2 N–H and O–H groups in total. The Morgan fingerprint density at radius 1 is 1.28 bits per heavy atom. The van der Waals surface area contributed by atoms with Gasteiger partial charge in [0.15, 0.2) is 0 Å². The maximum Gasteiger partial charge on any atom is 0.263 e. The molecule has 0 radical (unpaired) electrons. The van der Waals surface area contributed by atoms with Crippen molar-refractivity contribution in [2.45, 2.75) is 39.2 Å². The molecule has 0 spiro atoms. The maximum absolute atomic E-state index is 13.3. The molecule has 0 saturated heterocycles. The molecule has 1 amide bonds. The molecule has 2 heterocycles. The second kappa shape index (κ2) is 5.81. The number of carbonyl (C=O) groups is 1. The number of nitrogens with two attached hydrogens (primary N) is 1. The number of amides is 1. The smallest absolute Gasteiger partial charge is 0.263 e. The number of aromatic nitrogens is 2. The summed E-state index contributed by atoms with van der Waals surface area (Å²) in [6.45, 7) is 3.66. The van der Waals surface area contributed by atoms with Crippen LogP contribution in [0.4, 0.5) is 0 Å². The van der Waals surface area contributed by atoms with Crippen LogP contribution in [0.1, 0.15) is 35.4 Å². The number of fused-ring (bicyclic) bond motifs is 3. The first-order valence-corrected chi connectivity index (χ1v) is 9.22. The molecule has 6 heteroatoms. The van der Waals surface area contributed by atoms with E-state index in [9.17, 15) is 9.59 Å².